The summed E-state index contributed by atoms with van der Waals surface area (Å²) < 4.78 is 32.9. The maximum absolute atomic E-state index is 11.8. The number of carbonyl (C=O) groups excluding carboxylic acids is 1. The van der Waals surface area contributed by atoms with Crippen molar-refractivity contribution in [3.8, 4) is 0 Å². The first-order valence-corrected chi connectivity index (χ1v) is 5.19. The maximum atomic E-state index is 11.8. The molecule has 94 valence electrons. The Morgan fingerprint density at radius 3 is 2.38 bits per heavy atom. The van der Waals surface area contributed by atoms with Gasteiger partial charge in [0.25, 0.3) is 0 Å². The molecular weight excluding hydrogens is 220 g/mol. The molecule has 0 atom stereocenters. The third-order valence-electron chi connectivity index (χ3n) is 2.11. The standard InChI is InChI=1S/C10H17F2NO3/c1-10(2,3)16-9(14)13-6-4-7(5-6)15-8(11)12/h6-8H,4-5H2,1-3H3,(H,13,14)/t6-,7-. The Kier molecular flexibility index (Phi) is 4.07. The molecule has 0 aromatic carbocycles. The van der Waals surface area contributed by atoms with E-state index in [2.05, 4.69) is 10.1 Å². The molecule has 6 heteroatoms. The minimum absolute atomic E-state index is 0.126. The largest absolute Gasteiger partial charge is 0.444 e. The second-order valence-corrected chi connectivity index (χ2v) is 4.83. The van der Waals surface area contributed by atoms with Gasteiger partial charge in [0, 0.05) is 6.04 Å². The van der Waals surface area contributed by atoms with E-state index in [1.54, 1.807) is 20.8 Å². The summed E-state index contributed by atoms with van der Waals surface area (Å²) in [5.41, 5.74) is -0.549. The molecule has 1 N–H and O–H groups in total. The summed E-state index contributed by atoms with van der Waals surface area (Å²) in [5, 5.41) is 2.59. The molecular formula is C10H17F2NO3. The first-order valence-electron chi connectivity index (χ1n) is 5.19. The predicted molar refractivity (Wildman–Crippen MR) is 53.3 cm³/mol. The van der Waals surface area contributed by atoms with Crippen LogP contribution in [-0.4, -0.2) is 30.5 Å². The molecule has 4 nitrogen and oxygen atoms in total. The predicted octanol–water partition coefficient (Wildman–Crippen LogP) is 2.28. The van der Waals surface area contributed by atoms with Crippen LogP contribution < -0.4 is 5.32 Å². The van der Waals surface area contributed by atoms with E-state index in [0.717, 1.165) is 0 Å². The lowest BCUT2D eigenvalue weighted by atomic mass is 9.89. The summed E-state index contributed by atoms with van der Waals surface area (Å²) in [4.78, 5) is 11.3. The van der Waals surface area contributed by atoms with Crippen LogP contribution in [-0.2, 0) is 9.47 Å². The second-order valence-electron chi connectivity index (χ2n) is 4.83. The zero-order valence-electron chi connectivity index (χ0n) is 9.63. The van der Waals surface area contributed by atoms with E-state index in [0.29, 0.717) is 12.8 Å². The van der Waals surface area contributed by atoms with Crippen LogP contribution in [0.15, 0.2) is 0 Å². The third-order valence-corrected chi connectivity index (χ3v) is 2.11. The van der Waals surface area contributed by atoms with Gasteiger partial charge in [-0.25, -0.2) is 4.79 Å². The summed E-state index contributed by atoms with van der Waals surface area (Å²) in [6.45, 7) is 2.54. The maximum Gasteiger partial charge on any atom is 0.407 e. The summed E-state index contributed by atoms with van der Waals surface area (Å²) in [5.74, 6) is 0. The van der Waals surface area contributed by atoms with Crippen LogP contribution in [0.1, 0.15) is 33.6 Å². The van der Waals surface area contributed by atoms with Gasteiger partial charge in [0.05, 0.1) is 6.10 Å². The van der Waals surface area contributed by atoms with Crippen molar-refractivity contribution in [3.63, 3.8) is 0 Å². The summed E-state index contributed by atoms with van der Waals surface area (Å²) in [7, 11) is 0. The highest BCUT2D eigenvalue weighted by atomic mass is 19.3. The summed E-state index contributed by atoms with van der Waals surface area (Å²) >= 11 is 0. The Balaban J connectivity index is 2.15. The van der Waals surface area contributed by atoms with Gasteiger partial charge in [-0.2, -0.15) is 8.78 Å². The highest BCUT2D eigenvalue weighted by Gasteiger charge is 2.33. The smallest absolute Gasteiger partial charge is 0.407 e. The molecule has 0 aliphatic heterocycles. The van der Waals surface area contributed by atoms with E-state index in [4.69, 9.17) is 4.74 Å². The first-order chi connectivity index (χ1) is 7.26. The van der Waals surface area contributed by atoms with Gasteiger partial charge in [0.1, 0.15) is 5.60 Å². The molecule has 0 heterocycles. The topological polar surface area (TPSA) is 47.6 Å². The van der Waals surface area contributed by atoms with Crippen LogP contribution >= 0.6 is 0 Å². The van der Waals surface area contributed by atoms with E-state index in [1.165, 1.54) is 0 Å². The third kappa shape index (κ3) is 4.74. The number of carbonyl (C=O) groups is 1. The molecule has 0 radical (unpaired) electrons. The van der Waals surface area contributed by atoms with E-state index in [1.807, 2.05) is 0 Å². The normalized spacial score (nSPS) is 25.1. The summed E-state index contributed by atoms with van der Waals surface area (Å²) in [6.07, 6.45) is -0.166. The zero-order chi connectivity index (χ0) is 12.3. The molecule has 1 rings (SSSR count). The molecule has 0 unspecified atom stereocenters. The molecule has 0 aromatic heterocycles. The molecule has 0 aromatic rings. The quantitative estimate of drug-likeness (QED) is 0.819. The monoisotopic (exact) mass is 237 g/mol. The fourth-order valence-electron chi connectivity index (χ4n) is 1.41. The first kappa shape index (κ1) is 13.2. The molecule has 16 heavy (non-hydrogen) atoms. The zero-order valence-corrected chi connectivity index (χ0v) is 9.63. The van der Waals surface area contributed by atoms with Crippen LogP contribution in [0.2, 0.25) is 0 Å². The average molecular weight is 237 g/mol. The van der Waals surface area contributed by atoms with E-state index in [9.17, 15) is 13.6 Å². The van der Waals surface area contributed by atoms with Crippen molar-refractivity contribution in [2.75, 3.05) is 0 Å². The highest BCUT2D eigenvalue weighted by molar-refractivity contribution is 5.68. The molecule has 1 saturated carbocycles. The van der Waals surface area contributed by atoms with Gasteiger partial charge >= 0.3 is 12.7 Å². The average Bonchev–Trinajstić information content (AvgIpc) is 1.95. The van der Waals surface area contributed by atoms with Crippen molar-refractivity contribution in [3.05, 3.63) is 0 Å². The Morgan fingerprint density at radius 1 is 1.38 bits per heavy atom. The number of nitrogens with one attached hydrogen (secondary N) is 1. The van der Waals surface area contributed by atoms with Crippen molar-refractivity contribution in [1.29, 1.82) is 0 Å². The van der Waals surface area contributed by atoms with Crippen molar-refractivity contribution in [1.82, 2.24) is 5.32 Å². The number of hydrogen-bond acceptors (Lipinski definition) is 3. The number of halogens is 2. The lowest BCUT2D eigenvalue weighted by Gasteiger charge is -2.35. The van der Waals surface area contributed by atoms with E-state index < -0.39 is 24.4 Å². The lowest BCUT2D eigenvalue weighted by Crippen LogP contribution is -2.49. The van der Waals surface area contributed by atoms with Crippen LogP contribution in [0.5, 0.6) is 0 Å². The van der Waals surface area contributed by atoms with E-state index >= 15 is 0 Å². The Bertz CT molecular complexity index is 247. The second kappa shape index (κ2) is 4.95. The van der Waals surface area contributed by atoms with Crippen molar-refractivity contribution in [2.24, 2.45) is 0 Å². The molecule has 1 aliphatic rings. The van der Waals surface area contributed by atoms with Gasteiger partial charge in [-0.3, -0.25) is 0 Å². The minimum Gasteiger partial charge on any atom is -0.444 e. The number of hydrogen-bond donors (Lipinski definition) is 1. The molecule has 0 saturated heterocycles. The molecule has 0 bridgehead atoms. The molecule has 1 fully saturated rings. The van der Waals surface area contributed by atoms with E-state index in [-0.39, 0.29) is 6.04 Å². The van der Waals surface area contributed by atoms with Crippen LogP contribution in [0, 0.1) is 0 Å². The molecule has 0 spiro atoms. The van der Waals surface area contributed by atoms with Crippen molar-refractivity contribution < 1.29 is 23.0 Å². The summed E-state index contributed by atoms with van der Waals surface area (Å²) in [6, 6.07) is -0.126. The van der Waals surface area contributed by atoms with Gasteiger partial charge < -0.3 is 14.8 Å². The number of amides is 1. The Hall–Kier alpha value is -0.910. The number of alkyl halides is 2. The number of alkyl carbamates (subject to hydrolysis) is 1. The Labute approximate surface area is 93.3 Å². The van der Waals surface area contributed by atoms with Gasteiger partial charge in [-0.05, 0) is 33.6 Å². The van der Waals surface area contributed by atoms with Gasteiger partial charge in [0.15, 0.2) is 0 Å². The lowest BCUT2D eigenvalue weighted by molar-refractivity contribution is -0.185. The fourth-order valence-corrected chi connectivity index (χ4v) is 1.41. The SMILES string of the molecule is CC(C)(C)OC(=O)N[C@H]1C[C@H](OC(F)F)C1. The highest BCUT2D eigenvalue weighted by Crippen LogP contribution is 2.25. The fraction of sp³-hybridized carbons (Fsp3) is 0.900. The van der Waals surface area contributed by atoms with Crippen LogP contribution in [0.4, 0.5) is 13.6 Å². The molecule has 1 amide bonds. The van der Waals surface area contributed by atoms with Crippen LogP contribution in [0.25, 0.3) is 0 Å². The number of ether oxygens (including phenoxy) is 2. The van der Waals surface area contributed by atoms with Gasteiger partial charge in [0.2, 0.25) is 0 Å². The Morgan fingerprint density at radius 2 is 1.94 bits per heavy atom. The van der Waals surface area contributed by atoms with Crippen LogP contribution in [0.3, 0.4) is 0 Å². The van der Waals surface area contributed by atoms with Crippen molar-refractivity contribution in [2.45, 2.75) is 58.0 Å². The minimum atomic E-state index is -2.74. The van der Waals surface area contributed by atoms with Crippen molar-refractivity contribution >= 4 is 6.09 Å². The van der Waals surface area contributed by atoms with Gasteiger partial charge in [-0.15, -0.1) is 0 Å². The number of rotatable bonds is 3. The van der Waals surface area contributed by atoms with Gasteiger partial charge in [-0.1, -0.05) is 0 Å². The molecule has 1 aliphatic carbocycles.